The molecule has 0 fully saturated rings. The first kappa shape index (κ1) is 13.4. The van der Waals surface area contributed by atoms with Gasteiger partial charge in [-0.2, -0.15) is 0 Å². The molecule has 2 N–H and O–H groups in total. The first-order valence-corrected chi connectivity index (χ1v) is 4.98. The lowest BCUT2D eigenvalue weighted by Crippen LogP contribution is -2.44. The lowest BCUT2D eigenvalue weighted by Gasteiger charge is -2.29. The van der Waals surface area contributed by atoms with Crippen molar-refractivity contribution in [3.05, 3.63) is 0 Å². The van der Waals surface area contributed by atoms with E-state index in [2.05, 4.69) is 19.2 Å². The summed E-state index contributed by atoms with van der Waals surface area (Å²) in [7, 11) is 3.39. The molecule has 0 heterocycles. The molecule has 4 nitrogen and oxygen atoms in total. The van der Waals surface area contributed by atoms with Crippen molar-refractivity contribution >= 4 is 5.97 Å². The van der Waals surface area contributed by atoms with Gasteiger partial charge in [-0.15, -0.1) is 0 Å². The molecule has 0 aromatic rings. The average Bonchev–Trinajstić information content (AvgIpc) is 2.16. The Bertz CT molecular complexity index is 173. The van der Waals surface area contributed by atoms with E-state index in [0.717, 1.165) is 6.42 Å². The highest BCUT2D eigenvalue weighted by Crippen LogP contribution is 2.15. The van der Waals surface area contributed by atoms with Crippen molar-refractivity contribution < 1.29 is 14.6 Å². The van der Waals surface area contributed by atoms with E-state index in [1.165, 1.54) is 0 Å². The summed E-state index contributed by atoms with van der Waals surface area (Å²) < 4.78 is 5.19. The molecule has 0 aliphatic heterocycles. The first-order chi connectivity index (χ1) is 6.56. The number of likely N-dealkylation sites (N-methyl/N-ethyl adjacent to an activating group) is 1. The molecule has 0 amide bonds. The van der Waals surface area contributed by atoms with E-state index >= 15 is 0 Å². The highest BCUT2D eigenvalue weighted by atomic mass is 16.5. The minimum Gasteiger partial charge on any atom is -0.481 e. The summed E-state index contributed by atoms with van der Waals surface area (Å²) in [6.45, 7) is 4.18. The van der Waals surface area contributed by atoms with Crippen LogP contribution in [0.25, 0.3) is 0 Å². The summed E-state index contributed by atoms with van der Waals surface area (Å²) in [6.07, 6.45) is 0.796. The fourth-order valence-electron chi connectivity index (χ4n) is 1.62. The van der Waals surface area contributed by atoms with Gasteiger partial charge in [-0.05, 0) is 13.0 Å². The second-order valence-electron chi connectivity index (χ2n) is 3.57. The molecule has 4 heteroatoms. The number of hydrogen-bond acceptors (Lipinski definition) is 3. The van der Waals surface area contributed by atoms with Crippen molar-refractivity contribution in [3.63, 3.8) is 0 Å². The molecular formula is C10H21NO3. The van der Waals surface area contributed by atoms with E-state index in [9.17, 15) is 4.79 Å². The van der Waals surface area contributed by atoms with Gasteiger partial charge in [-0.3, -0.25) is 4.79 Å². The van der Waals surface area contributed by atoms with Crippen molar-refractivity contribution in [2.75, 3.05) is 14.2 Å². The Kier molecular flexibility index (Phi) is 6.49. The number of hydrogen-bond donors (Lipinski definition) is 2. The summed E-state index contributed by atoms with van der Waals surface area (Å²) >= 11 is 0. The Labute approximate surface area is 85.6 Å². The van der Waals surface area contributed by atoms with Gasteiger partial charge in [-0.1, -0.05) is 20.3 Å². The minimum absolute atomic E-state index is 0.0480. The number of carboxylic acids is 1. The van der Waals surface area contributed by atoms with Crippen molar-refractivity contribution in [1.82, 2.24) is 5.32 Å². The Morgan fingerprint density at radius 1 is 1.57 bits per heavy atom. The number of nitrogens with one attached hydrogen (secondary N) is 1. The molecule has 0 bridgehead atoms. The molecular weight excluding hydrogens is 182 g/mol. The lowest BCUT2D eigenvalue weighted by molar-refractivity contribution is -0.140. The Morgan fingerprint density at radius 2 is 2.14 bits per heavy atom. The van der Waals surface area contributed by atoms with E-state index in [1.807, 2.05) is 7.05 Å². The van der Waals surface area contributed by atoms with Crippen LogP contribution in [0.5, 0.6) is 0 Å². The molecule has 0 radical (unpaired) electrons. The fourth-order valence-corrected chi connectivity index (χ4v) is 1.62. The van der Waals surface area contributed by atoms with Gasteiger partial charge in [0.15, 0.2) is 0 Å². The monoisotopic (exact) mass is 203 g/mol. The maximum absolute atomic E-state index is 10.6. The maximum Gasteiger partial charge on any atom is 0.306 e. The summed E-state index contributed by atoms with van der Waals surface area (Å²) in [6, 6.07) is 0.0982. The van der Waals surface area contributed by atoms with Crippen LogP contribution in [0.2, 0.25) is 0 Å². The normalized spacial score (nSPS) is 17.4. The van der Waals surface area contributed by atoms with E-state index in [1.54, 1.807) is 7.11 Å². The average molecular weight is 203 g/mol. The topological polar surface area (TPSA) is 58.6 Å². The molecule has 0 saturated heterocycles. The quantitative estimate of drug-likeness (QED) is 0.650. The molecule has 0 aromatic carbocycles. The number of carboxylic acid groups (broad SMARTS) is 1. The zero-order chi connectivity index (χ0) is 11.1. The number of ether oxygens (including phenoxy) is 1. The van der Waals surface area contributed by atoms with Crippen LogP contribution in [0.3, 0.4) is 0 Å². The van der Waals surface area contributed by atoms with Crippen molar-refractivity contribution in [2.24, 2.45) is 5.92 Å². The molecule has 3 atom stereocenters. The van der Waals surface area contributed by atoms with Crippen molar-refractivity contribution in [1.29, 1.82) is 0 Å². The molecule has 84 valence electrons. The van der Waals surface area contributed by atoms with Crippen LogP contribution in [0.4, 0.5) is 0 Å². The van der Waals surface area contributed by atoms with Crippen LogP contribution in [0, 0.1) is 5.92 Å². The molecule has 0 spiro atoms. The SMILES string of the molecule is CC[C@H](C)[C@H](NC)[C@H](CC(=O)O)OC. The number of aliphatic carboxylic acids is 1. The van der Waals surface area contributed by atoms with Crippen molar-refractivity contribution in [2.45, 2.75) is 38.8 Å². The van der Waals surface area contributed by atoms with Gasteiger partial charge in [0, 0.05) is 13.2 Å². The minimum atomic E-state index is -0.819. The predicted molar refractivity (Wildman–Crippen MR) is 55.4 cm³/mol. The Hall–Kier alpha value is -0.610. The van der Waals surface area contributed by atoms with E-state index in [4.69, 9.17) is 9.84 Å². The van der Waals surface area contributed by atoms with Crippen LogP contribution in [0.15, 0.2) is 0 Å². The van der Waals surface area contributed by atoms with Crippen LogP contribution < -0.4 is 5.32 Å². The second kappa shape index (κ2) is 6.79. The number of methoxy groups -OCH3 is 1. The van der Waals surface area contributed by atoms with Gasteiger partial charge in [-0.25, -0.2) is 0 Å². The van der Waals surface area contributed by atoms with Crippen LogP contribution in [-0.2, 0) is 9.53 Å². The van der Waals surface area contributed by atoms with Gasteiger partial charge >= 0.3 is 5.97 Å². The Balaban J connectivity index is 4.35. The third-order valence-corrected chi connectivity index (χ3v) is 2.67. The zero-order valence-corrected chi connectivity index (χ0v) is 9.41. The van der Waals surface area contributed by atoms with Crippen LogP contribution >= 0.6 is 0 Å². The first-order valence-electron chi connectivity index (χ1n) is 4.98. The molecule has 0 saturated carbocycles. The summed E-state index contributed by atoms with van der Waals surface area (Å²) in [4.78, 5) is 10.6. The van der Waals surface area contributed by atoms with Gasteiger partial charge < -0.3 is 15.2 Å². The molecule has 0 aromatic heterocycles. The maximum atomic E-state index is 10.6. The fraction of sp³-hybridized carbons (Fsp3) is 0.900. The standard InChI is InChI=1S/C10H21NO3/c1-5-7(2)10(11-3)8(14-4)6-9(12)13/h7-8,10-11H,5-6H2,1-4H3,(H,12,13)/t7-,8-,10-/m0/s1. The predicted octanol–water partition coefficient (Wildman–Crippen LogP) is 1.11. The molecule has 14 heavy (non-hydrogen) atoms. The molecule has 0 aliphatic rings. The third kappa shape index (κ3) is 4.07. The van der Waals surface area contributed by atoms with E-state index in [0.29, 0.717) is 5.92 Å². The van der Waals surface area contributed by atoms with Crippen LogP contribution in [0.1, 0.15) is 26.7 Å². The largest absolute Gasteiger partial charge is 0.481 e. The van der Waals surface area contributed by atoms with Crippen LogP contribution in [-0.4, -0.2) is 37.4 Å². The highest BCUT2D eigenvalue weighted by Gasteiger charge is 2.26. The second-order valence-corrected chi connectivity index (χ2v) is 3.57. The van der Waals surface area contributed by atoms with Crippen molar-refractivity contribution in [3.8, 4) is 0 Å². The Morgan fingerprint density at radius 3 is 2.43 bits per heavy atom. The van der Waals surface area contributed by atoms with E-state index < -0.39 is 5.97 Å². The summed E-state index contributed by atoms with van der Waals surface area (Å²) in [5.74, 6) is -0.412. The molecule has 0 rings (SSSR count). The molecule has 0 unspecified atom stereocenters. The third-order valence-electron chi connectivity index (χ3n) is 2.67. The number of carbonyl (C=O) groups is 1. The van der Waals surface area contributed by atoms with Gasteiger partial charge in [0.25, 0.3) is 0 Å². The molecule has 0 aliphatic carbocycles. The van der Waals surface area contributed by atoms with E-state index in [-0.39, 0.29) is 18.6 Å². The zero-order valence-electron chi connectivity index (χ0n) is 9.41. The van der Waals surface area contributed by atoms with Gasteiger partial charge in [0.05, 0.1) is 12.5 Å². The smallest absolute Gasteiger partial charge is 0.306 e. The lowest BCUT2D eigenvalue weighted by atomic mass is 9.93. The van der Waals surface area contributed by atoms with Gasteiger partial charge in [0.2, 0.25) is 0 Å². The number of rotatable bonds is 7. The highest BCUT2D eigenvalue weighted by molar-refractivity contribution is 5.67. The van der Waals surface area contributed by atoms with Gasteiger partial charge in [0.1, 0.15) is 0 Å². The summed E-state index contributed by atoms with van der Waals surface area (Å²) in [5, 5.41) is 11.8. The summed E-state index contributed by atoms with van der Waals surface area (Å²) in [5.41, 5.74) is 0.